The first-order valence-electron chi connectivity index (χ1n) is 5.88. The number of carbonyl (C=O) groups excluding carboxylic acids is 1. The van der Waals surface area contributed by atoms with Crippen LogP contribution in [0.15, 0.2) is 17.4 Å². The molecule has 0 saturated heterocycles. The van der Waals surface area contributed by atoms with Gasteiger partial charge < -0.3 is 5.11 Å². The molecule has 0 aliphatic heterocycles. The van der Waals surface area contributed by atoms with Gasteiger partial charge in [-0.25, -0.2) is 0 Å². The average Bonchev–Trinajstić information content (AvgIpc) is 2.35. The zero-order chi connectivity index (χ0) is 14.7. The number of aromatic hydroxyl groups is 1. The summed E-state index contributed by atoms with van der Waals surface area (Å²) in [5.74, 6) is -1.05. The summed E-state index contributed by atoms with van der Waals surface area (Å²) in [6, 6.07) is 1.79. The summed E-state index contributed by atoms with van der Waals surface area (Å²) in [4.78, 5) is 24.1. The number of rotatable bonds is 4. The molecule has 0 unspecified atom stereocenters. The van der Waals surface area contributed by atoms with Crippen LogP contribution in [-0.4, -0.2) is 15.5 Å². The standard InChI is InChI=1S/C14H16N2O3/c1-5-6-16-13(18)10(7-15)9(4)11(14(16)19)12(17)8(2)3/h5,8,19H,1,6H2,2-4H3. The van der Waals surface area contributed by atoms with Crippen LogP contribution in [-0.2, 0) is 6.54 Å². The largest absolute Gasteiger partial charge is 0.494 e. The monoisotopic (exact) mass is 260 g/mol. The van der Waals surface area contributed by atoms with E-state index in [1.807, 2.05) is 0 Å². The van der Waals surface area contributed by atoms with Gasteiger partial charge in [-0.3, -0.25) is 14.2 Å². The maximum absolute atomic E-state index is 12.1. The molecule has 0 spiro atoms. The molecular weight excluding hydrogens is 244 g/mol. The summed E-state index contributed by atoms with van der Waals surface area (Å²) < 4.78 is 0.980. The Bertz CT molecular complexity index is 634. The molecule has 1 aromatic heterocycles. The maximum atomic E-state index is 12.1. The lowest BCUT2D eigenvalue weighted by Crippen LogP contribution is -2.27. The summed E-state index contributed by atoms with van der Waals surface area (Å²) >= 11 is 0. The molecule has 5 nitrogen and oxygen atoms in total. The zero-order valence-corrected chi connectivity index (χ0v) is 11.2. The van der Waals surface area contributed by atoms with E-state index in [0.29, 0.717) is 0 Å². The van der Waals surface area contributed by atoms with Gasteiger partial charge in [0.2, 0.25) is 5.88 Å². The Balaban J connectivity index is 3.79. The highest BCUT2D eigenvalue weighted by atomic mass is 16.3. The minimum Gasteiger partial charge on any atom is -0.494 e. The van der Waals surface area contributed by atoms with Crippen molar-refractivity contribution in [3.8, 4) is 11.9 Å². The SMILES string of the molecule is C=CCn1c(O)c(C(=O)C(C)C)c(C)c(C#N)c1=O. The van der Waals surface area contributed by atoms with Crippen LogP contribution < -0.4 is 5.56 Å². The van der Waals surface area contributed by atoms with Crippen molar-refractivity contribution in [3.63, 3.8) is 0 Å². The summed E-state index contributed by atoms with van der Waals surface area (Å²) in [6.07, 6.45) is 1.42. The fourth-order valence-electron chi connectivity index (χ4n) is 1.83. The molecule has 0 saturated carbocycles. The molecular formula is C14H16N2O3. The van der Waals surface area contributed by atoms with Crippen molar-refractivity contribution in [3.05, 3.63) is 39.7 Å². The topological polar surface area (TPSA) is 83.1 Å². The van der Waals surface area contributed by atoms with E-state index in [2.05, 4.69) is 6.58 Å². The predicted octanol–water partition coefficient (Wildman–Crippen LogP) is 1.76. The number of Topliss-reactive ketones (excluding diaryl/α,β-unsaturated/α-hetero) is 1. The molecule has 0 aromatic carbocycles. The van der Waals surface area contributed by atoms with Gasteiger partial charge in [-0.2, -0.15) is 5.26 Å². The molecule has 0 radical (unpaired) electrons. The molecule has 0 aliphatic carbocycles. The molecule has 1 aromatic rings. The first-order valence-corrected chi connectivity index (χ1v) is 5.88. The summed E-state index contributed by atoms with van der Waals surface area (Å²) in [5, 5.41) is 19.2. The Morgan fingerprint density at radius 2 is 2.16 bits per heavy atom. The molecule has 0 amide bonds. The minimum atomic E-state index is -0.613. The third-order valence-corrected chi connectivity index (χ3v) is 2.88. The number of pyridine rings is 1. The quantitative estimate of drug-likeness (QED) is 0.660. The lowest BCUT2D eigenvalue weighted by atomic mass is 9.95. The highest BCUT2D eigenvalue weighted by molar-refractivity contribution is 6.01. The number of carbonyl (C=O) groups is 1. The van der Waals surface area contributed by atoms with Crippen molar-refractivity contribution in [2.24, 2.45) is 5.92 Å². The van der Waals surface area contributed by atoms with Crippen LogP contribution in [0, 0.1) is 24.2 Å². The molecule has 100 valence electrons. The fourth-order valence-corrected chi connectivity index (χ4v) is 1.83. The van der Waals surface area contributed by atoms with Gasteiger partial charge in [-0.15, -0.1) is 6.58 Å². The normalized spacial score (nSPS) is 10.3. The predicted molar refractivity (Wildman–Crippen MR) is 71.2 cm³/mol. The third-order valence-electron chi connectivity index (χ3n) is 2.88. The number of hydrogen-bond acceptors (Lipinski definition) is 4. The van der Waals surface area contributed by atoms with Gasteiger partial charge in [0.15, 0.2) is 5.78 Å². The number of allylic oxidation sites excluding steroid dienone is 1. The van der Waals surface area contributed by atoms with E-state index in [0.717, 1.165) is 4.57 Å². The molecule has 1 rings (SSSR count). The van der Waals surface area contributed by atoms with Gasteiger partial charge >= 0.3 is 0 Å². The fraction of sp³-hybridized carbons (Fsp3) is 0.357. The van der Waals surface area contributed by atoms with E-state index >= 15 is 0 Å². The second-order valence-electron chi connectivity index (χ2n) is 4.53. The van der Waals surface area contributed by atoms with Gasteiger partial charge in [0.1, 0.15) is 11.6 Å². The van der Waals surface area contributed by atoms with Crippen LogP contribution in [0.4, 0.5) is 0 Å². The van der Waals surface area contributed by atoms with Crippen molar-refractivity contribution in [1.82, 2.24) is 4.57 Å². The summed E-state index contributed by atoms with van der Waals surface area (Å²) in [7, 11) is 0. The van der Waals surface area contributed by atoms with Crippen LogP contribution in [0.25, 0.3) is 0 Å². The highest BCUT2D eigenvalue weighted by Crippen LogP contribution is 2.24. The van der Waals surface area contributed by atoms with Crippen molar-refractivity contribution in [2.45, 2.75) is 27.3 Å². The van der Waals surface area contributed by atoms with Crippen molar-refractivity contribution >= 4 is 5.78 Å². The van der Waals surface area contributed by atoms with Crippen LogP contribution in [0.1, 0.15) is 35.3 Å². The first-order chi connectivity index (χ1) is 8.86. The molecule has 0 bridgehead atoms. The molecule has 1 N–H and O–H groups in total. The van der Waals surface area contributed by atoms with E-state index in [4.69, 9.17) is 5.26 Å². The van der Waals surface area contributed by atoms with Gasteiger partial charge in [0.05, 0.1) is 5.56 Å². The van der Waals surface area contributed by atoms with Crippen molar-refractivity contribution < 1.29 is 9.90 Å². The molecule has 0 atom stereocenters. The second-order valence-corrected chi connectivity index (χ2v) is 4.53. The smallest absolute Gasteiger partial charge is 0.271 e. The van der Waals surface area contributed by atoms with E-state index in [-0.39, 0.29) is 34.9 Å². The molecule has 1 heterocycles. The van der Waals surface area contributed by atoms with Gasteiger partial charge in [0, 0.05) is 12.5 Å². The van der Waals surface area contributed by atoms with Crippen LogP contribution >= 0.6 is 0 Å². The molecule has 5 heteroatoms. The number of nitrogens with zero attached hydrogens (tertiary/aromatic N) is 2. The Labute approximate surface area is 111 Å². The zero-order valence-electron chi connectivity index (χ0n) is 11.2. The van der Waals surface area contributed by atoms with Crippen LogP contribution in [0.3, 0.4) is 0 Å². The lowest BCUT2D eigenvalue weighted by Gasteiger charge is -2.15. The minimum absolute atomic E-state index is 0.0352. The van der Waals surface area contributed by atoms with Gasteiger partial charge in [0.25, 0.3) is 5.56 Å². The molecule has 0 aliphatic rings. The van der Waals surface area contributed by atoms with E-state index < -0.39 is 11.4 Å². The summed E-state index contributed by atoms with van der Waals surface area (Å²) in [5.41, 5.74) is -0.474. The Kier molecular flexibility index (Phi) is 4.28. The molecule has 0 fully saturated rings. The molecule has 19 heavy (non-hydrogen) atoms. The number of nitriles is 1. The number of hydrogen-bond donors (Lipinski definition) is 1. The third kappa shape index (κ3) is 2.43. The lowest BCUT2D eigenvalue weighted by molar-refractivity contribution is 0.0934. The van der Waals surface area contributed by atoms with Crippen molar-refractivity contribution in [2.75, 3.05) is 0 Å². The van der Waals surface area contributed by atoms with E-state index in [9.17, 15) is 14.7 Å². The first kappa shape index (κ1) is 14.7. The second kappa shape index (κ2) is 5.53. The Morgan fingerprint density at radius 3 is 2.58 bits per heavy atom. The van der Waals surface area contributed by atoms with Crippen LogP contribution in [0.5, 0.6) is 5.88 Å². The van der Waals surface area contributed by atoms with Gasteiger partial charge in [-0.1, -0.05) is 19.9 Å². The Morgan fingerprint density at radius 1 is 1.58 bits per heavy atom. The number of ketones is 1. The average molecular weight is 260 g/mol. The highest BCUT2D eigenvalue weighted by Gasteiger charge is 2.24. The van der Waals surface area contributed by atoms with E-state index in [1.54, 1.807) is 19.9 Å². The Hall–Kier alpha value is -2.35. The number of aromatic nitrogens is 1. The van der Waals surface area contributed by atoms with E-state index in [1.165, 1.54) is 13.0 Å². The van der Waals surface area contributed by atoms with Crippen molar-refractivity contribution in [1.29, 1.82) is 5.26 Å². The van der Waals surface area contributed by atoms with Gasteiger partial charge in [-0.05, 0) is 12.5 Å². The van der Waals surface area contributed by atoms with Crippen LogP contribution in [0.2, 0.25) is 0 Å². The maximum Gasteiger partial charge on any atom is 0.271 e. The summed E-state index contributed by atoms with van der Waals surface area (Å²) in [6.45, 7) is 8.40.